The van der Waals surface area contributed by atoms with Gasteiger partial charge in [-0.2, -0.15) is 0 Å². The molecular weight excluding hydrogens is 364 g/mol. The lowest BCUT2D eigenvalue weighted by Gasteiger charge is -2.09. The highest BCUT2D eigenvalue weighted by Gasteiger charge is 2.10. The molecule has 142 valence electrons. The maximum atomic E-state index is 12.0. The van der Waals surface area contributed by atoms with Gasteiger partial charge in [0.2, 0.25) is 0 Å². The number of ether oxygens (including phenoxy) is 1. The molecule has 2 aromatic carbocycles. The van der Waals surface area contributed by atoms with Gasteiger partial charge in [0.15, 0.2) is 12.4 Å². The number of amides is 2. The summed E-state index contributed by atoms with van der Waals surface area (Å²) in [6.45, 7) is -0.254. The van der Waals surface area contributed by atoms with Crippen molar-refractivity contribution in [1.29, 1.82) is 0 Å². The highest BCUT2D eigenvalue weighted by molar-refractivity contribution is 6.02. The fourth-order valence-corrected chi connectivity index (χ4v) is 2.31. The number of hydrogen-bond donors (Lipinski definition) is 3. The number of nitrogens with one attached hydrogen (secondary N) is 2. The minimum atomic E-state index is -1.04. The Balaban J connectivity index is 1.53. The number of carbonyl (C=O) groups is 3. The number of anilines is 2. The zero-order valence-corrected chi connectivity index (χ0v) is 14.5. The van der Waals surface area contributed by atoms with Crippen LogP contribution in [0.25, 0.3) is 0 Å². The second-order valence-electron chi connectivity index (χ2n) is 5.68. The van der Waals surface area contributed by atoms with Gasteiger partial charge in [0, 0.05) is 17.4 Å². The van der Waals surface area contributed by atoms with E-state index in [2.05, 4.69) is 10.6 Å². The van der Waals surface area contributed by atoms with Crippen LogP contribution in [0.15, 0.2) is 71.3 Å². The summed E-state index contributed by atoms with van der Waals surface area (Å²) in [7, 11) is 0. The van der Waals surface area contributed by atoms with Gasteiger partial charge in [-0.3, -0.25) is 9.59 Å². The van der Waals surface area contributed by atoms with E-state index in [-0.39, 0.29) is 17.9 Å². The Kier molecular flexibility index (Phi) is 5.71. The zero-order chi connectivity index (χ0) is 19.9. The van der Waals surface area contributed by atoms with Gasteiger partial charge < -0.3 is 24.9 Å². The molecule has 1 aromatic heterocycles. The van der Waals surface area contributed by atoms with Crippen molar-refractivity contribution in [1.82, 2.24) is 0 Å². The monoisotopic (exact) mass is 380 g/mol. The number of carboxylic acid groups (broad SMARTS) is 1. The van der Waals surface area contributed by atoms with Gasteiger partial charge in [-0.1, -0.05) is 6.07 Å². The van der Waals surface area contributed by atoms with Gasteiger partial charge in [-0.15, -0.1) is 0 Å². The average molecular weight is 380 g/mol. The molecular formula is C20H16N2O6. The summed E-state index contributed by atoms with van der Waals surface area (Å²) in [6, 6.07) is 15.5. The van der Waals surface area contributed by atoms with E-state index in [4.69, 9.17) is 14.3 Å². The quantitative estimate of drug-likeness (QED) is 0.579. The van der Waals surface area contributed by atoms with Gasteiger partial charge in [-0.25, -0.2) is 4.79 Å². The highest BCUT2D eigenvalue weighted by Crippen LogP contribution is 2.18. The van der Waals surface area contributed by atoms with E-state index < -0.39 is 17.8 Å². The van der Waals surface area contributed by atoms with Gasteiger partial charge in [0.25, 0.3) is 11.8 Å². The lowest BCUT2D eigenvalue weighted by molar-refractivity contribution is -0.118. The first-order chi connectivity index (χ1) is 13.5. The number of carbonyl (C=O) groups excluding carboxylic acids is 2. The van der Waals surface area contributed by atoms with Crippen LogP contribution in [0.5, 0.6) is 5.75 Å². The predicted molar refractivity (Wildman–Crippen MR) is 101 cm³/mol. The molecule has 0 bridgehead atoms. The summed E-state index contributed by atoms with van der Waals surface area (Å²) >= 11 is 0. The van der Waals surface area contributed by atoms with E-state index in [1.54, 1.807) is 36.4 Å². The van der Waals surface area contributed by atoms with Crippen molar-refractivity contribution in [3.63, 3.8) is 0 Å². The molecule has 8 nitrogen and oxygen atoms in total. The summed E-state index contributed by atoms with van der Waals surface area (Å²) in [5.74, 6) is -1.27. The number of carboxylic acids is 1. The Morgan fingerprint density at radius 2 is 1.71 bits per heavy atom. The minimum absolute atomic E-state index is 0.127. The molecule has 1 heterocycles. The molecule has 0 saturated heterocycles. The summed E-state index contributed by atoms with van der Waals surface area (Å²) in [5, 5.41) is 14.1. The van der Waals surface area contributed by atoms with Gasteiger partial charge >= 0.3 is 5.97 Å². The smallest absolute Gasteiger partial charge is 0.335 e. The fourth-order valence-electron chi connectivity index (χ4n) is 2.31. The van der Waals surface area contributed by atoms with Crippen LogP contribution in [0.4, 0.5) is 11.4 Å². The maximum absolute atomic E-state index is 12.0. The predicted octanol–water partition coefficient (Wildman–Crippen LogP) is 3.25. The van der Waals surface area contributed by atoms with Crippen molar-refractivity contribution < 1.29 is 28.6 Å². The maximum Gasteiger partial charge on any atom is 0.335 e. The highest BCUT2D eigenvalue weighted by atomic mass is 16.5. The van der Waals surface area contributed by atoms with E-state index in [1.165, 1.54) is 30.5 Å². The first kappa shape index (κ1) is 18.7. The summed E-state index contributed by atoms with van der Waals surface area (Å²) in [6.07, 6.45) is 1.41. The second-order valence-corrected chi connectivity index (χ2v) is 5.68. The van der Waals surface area contributed by atoms with E-state index in [9.17, 15) is 14.4 Å². The van der Waals surface area contributed by atoms with Crippen LogP contribution in [-0.4, -0.2) is 29.5 Å². The molecule has 3 aromatic rings. The molecule has 0 unspecified atom stereocenters. The Hall–Kier alpha value is -4.07. The molecule has 2 amide bonds. The Morgan fingerprint density at radius 1 is 0.929 bits per heavy atom. The lowest BCUT2D eigenvalue weighted by atomic mass is 10.2. The molecule has 0 atom stereocenters. The molecule has 0 aliphatic heterocycles. The Labute approximate surface area is 159 Å². The third-order valence-electron chi connectivity index (χ3n) is 3.62. The van der Waals surface area contributed by atoms with Crippen molar-refractivity contribution in [3.05, 3.63) is 78.3 Å². The first-order valence-electron chi connectivity index (χ1n) is 8.22. The lowest BCUT2D eigenvalue weighted by Crippen LogP contribution is -2.20. The van der Waals surface area contributed by atoms with Crippen LogP contribution >= 0.6 is 0 Å². The van der Waals surface area contributed by atoms with Crippen molar-refractivity contribution >= 4 is 29.2 Å². The number of aromatic carboxylic acids is 1. The Bertz CT molecular complexity index is 980. The van der Waals surface area contributed by atoms with Crippen LogP contribution in [0, 0.1) is 0 Å². The molecule has 8 heteroatoms. The summed E-state index contributed by atoms with van der Waals surface area (Å²) in [4.78, 5) is 34.8. The SMILES string of the molecule is O=C(COc1cccc(NC(=O)c2ccco2)c1)Nc1ccc(C(=O)O)cc1. The number of hydrogen-bond acceptors (Lipinski definition) is 5. The molecule has 3 N–H and O–H groups in total. The molecule has 0 fully saturated rings. The normalized spacial score (nSPS) is 10.1. The van der Waals surface area contributed by atoms with E-state index >= 15 is 0 Å². The molecule has 0 spiro atoms. The molecule has 28 heavy (non-hydrogen) atoms. The molecule has 0 aliphatic rings. The zero-order valence-electron chi connectivity index (χ0n) is 14.5. The standard InChI is InChI=1S/C20H16N2O6/c23-18(21-14-8-6-13(7-9-14)20(25)26)12-28-16-4-1-3-15(11-16)22-19(24)17-5-2-10-27-17/h1-11H,12H2,(H,21,23)(H,22,24)(H,25,26). The number of rotatable bonds is 7. The average Bonchev–Trinajstić information content (AvgIpc) is 3.22. The van der Waals surface area contributed by atoms with Gasteiger partial charge in [0.1, 0.15) is 5.75 Å². The molecule has 3 rings (SSSR count). The molecule has 0 saturated carbocycles. The van der Waals surface area contributed by atoms with E-state index in [0.717, 1.165) is 0 Å². The fraction of sp³-hybridized carbons (Fsp3) is 0.0500. The van der Waals surface area contributed by atoms with Crippen molar-refractivity contribution in [3.8, 4) is 5.75 Å². The van der Waals surface area contributed by atoms with Gasteiger partial charge in [0.05, 0.1) is 11.8 Å². The Morgan fingerprint density at radius 3 is 2.39 bits per heavy atom. The van der Waals surface area contributed by atoms with Crippen molar-refractivity contribution in [2.24, 2.45) is 0 Å². The van der Waals surface area contributed by atoms with Crippen molar-refractivity contribution in [2.45, 2.75) is 0 Å². The van der Waals surface area contributed by atoms with Crippen molar-refractivity contribution in [2.75, 3.05) is 17.2 Å². The summed E-state index contributed by atoms with van der Waals surface area (Å²) < 4.78 is 10.5. The van der Waals surface area contributed by atoms with E-state index in [0.29, 0.717) is 17.1 Å². The van der Waals surface area contributed by atoms with Gasteiger partial charge in [-0.05, 0) is 48.5 Å². The minimum Gasteiger partial charge on any atom is -0.484 e. The second kappa shape index (κ2) is 8.54. The van der Waals surface area contributed by atoms with Crippen LogP contribution in [0.3, 0.4) is 0 Å². The number of benzene rings is 2. The topological polar surface area (TPSA) is 118 Å². The summed E-state index contributed by atoms with van der Waals surface area (Å²) in [5.41, 5.74) is 1.07. The molecule has 0 radical (unpaired) electrons. The largest absolute Gasteiger partial charge is 0.484 e. The van der Waals surface area contributed by atoms with Crippen LogP contribution in [0.1, 0.15) is 20.9 Å². The third kappa shape index (κ3) is 4.98. The van der Waals surface area contributed by atoms with Crippen LogP contribution in [-0.2, 0) is 4.79 Å². The number of furan rings is 1. The van der Waals surface area contributed by atoms with E-state index in [1.807, 2.05) is 0 Å². The third-order valence-corrected chi connectivity index (χ3v) is 3.62. The first-order valence-corrected chi connectivity index (χ1v) is 8.22. The van der Waals surface area contributed by atoms with Crippen LogP contribution in [0.2, 0.25) is 0 Å². The van der Waals surface area contributed by atoms with Crippen LogP contribution < -0.4 is 15.4 Å². The molecule has 0 aliphatic carbocycles.